The van der Waals surface area contributed by atoms with Crippen LogP contribution in [0.4, 0.5) is 0 Å². The van der Waals surface area contributed by atoms with Gasteiger partial charge in [0.2, 0.25) is 0 Å². The second kappa shape index (κ2) is 5.15. The number of carbonyl (C=O) groups excluding carboxylic acids is 1. The lowest BCUT2D eigenvalue weighted by atomic mass is 10.00. The average Bonchev–Trinajstić information content (AvgIpc) is 2.32. The first-order valence-electron chi connectivity index (χ1n) is 5.50. The van der Waals surface area contributed by atoms with Gasteiger partial charge in [-0.15, -0.1) is 0 Å². The van der Waals surface area contributed by atoms with Crippen LogP contribution >= 0.6 is 11.6 Å². The maximum absolute atomic E-state index is 12.1. The van der Waals surface area contributed by atoms with E-state index in [0.29, 0.717) is 17.0 Å². The Balaban J connectivity index is 2.20. The number of hydrogen-bond acceptors (Lipinski definition) is 1. The Bertz CT molecular complexity index is 546. The Morgan fingerprint density at radius 3 is 2.59 bits per heavy atom. The Morgan fingerprint density at radius 1 is 1.12 bits per heavy atom. The molecular formula is C15H13ClO. The third-order valence-electron chi connectivity index (χ3n) is 2.76. The van der Waals surface area contributed by atoms with Gasteiger partial charge in [-0.1, -0.05) is 48.0 Å². The first kappa shape index (κ1) is 11.9. The van der Waals surface area contributed by atoms with Crippen molar-refractivity contribution >= 4 is 17.4 Å². The van der Waals surface area contributed by atoms with Crippen molar-refractivity contribution in [3.05, 3.63) is 70.2 Å². The summed E-state index contributed by atoms with van der Waals surface area (Å²) >= 11 is 5.87. The third-order valence-corrected chi connectivity index (χ3v) is 2.99. The number of hydrogen-bond donors (Lipinski definition) is 0. The Hall–Kier alpha value is -1.60. The standard InChI is InChI=1S/C15H13ClO/c1-11-5-2-3-6-12(11)10-15(17)13-7-4-8-14(16)9-13/h2-9H,10H2,1H3. The van der Waals surface area contributed by atoms with Gasteiger partial charge in [-0.3, -0.25) is 4.79 Å². The van der Waals surface area contributed by atoms with Crippen LogP contribution in [0.5, 0.6) is 0 Å². The number of benzene rings is 2. The zero-order chi connectivity index (χ0) is 12.3. The molecule has 0 aromatic heterocycles. The molecule has 0 bridgehead atoms. The fourth-order valence-electron chi connectivity index (χ4n) is 1.75. The predicted octanol–water partition coefficient (Wildman–Crippen LogP) is 4.07. The number of carbonyl (C=O) groups is 1. The summed E-state index contributed by atoms with van der Waals surface area (Å²) in [6.45, 7) is 2.01. The SMILES string of the molecule is Cc1ccccc1CC(=O)c1cccc(Cl)c1. The summed E-state index contributed by atoms with van der Waals surface area (Å²) in [5.74, 6) is 0.0989. The zero-order valence-corrected chi connectivity index (χ0v) is 10.4. The molecule has 0 fully saturated rings. The van der Waals surface area contributed by atoms with Crippen LogP contribution in [0.2, 0.25) is 5.02 Å². The normalized spacial score (nSPS) is 10.2. The quantitative estimate of drug-likeness (QED) is 0.744. The van der Waals surface area contributed by atoms with Gasteiger partial charge in [0.05, 0.1) is 0 Å². The van der Waals surface area contributed by atoms with Crippen LogP contribution in [0.3, 0.4) is 0 Å². The van der Waals surface area contributed by atoms with Gasteiger partial charge in [0, 0.05) is 17.0 Å². The topological polar surface area (TPSA) is 17.1 Å². The number of halogens is 1. The molecule has 1 nitrogen and oxygen atoms in total. The molecule has 0 heterocycles. The lowest BCUT2D eigenvalue weighted by Crippen LogP contribution is -2.04. The summed E-state index contributed by atoms with van der Waals surface area (Å²) in [6.07, 6.45) is 0.424. The van der Waals surface area contributed by atoms with Gasteiger partial charge in [0.1, 0.15) is 0 Å². The van der Waals surface area contributed by atoms with E-state index in [1.165, 1.54) is 0 Å². The van der Waals surface area contributed by atoms with Crippen molar-refractivity contribution in [1.82, 2.24) is 0 Å². The molecule has 2 rings (SSSR count). The second-order valence-corrected chi connectivity index (χ2v) is 4.47. The summed E-state index contributed by atoms with van der Waals surface area (Å²) in [5.41, 5.74) is 2.88. The number of ketones is 1. The molecule has 0 saturated heterocycles. The molecule has 0 spiro atoms. The maximum Gasteiger partial charge on any atom is 0.167 e. The van der Waals surface area contributed by atoms with Crippen LogP contribution in [-0.4, -0.2) is 5.78 Å². The highest BCUT2D eigenvalue weighted by molar-refractivity contribution is 6.31. The van der Waals surface area contributed by atoms with Crippen molar-refractivity contribution < 1.29 is 4.79 Å². The highest BCUT2D eigenvalue weighted by Crippen LogP contribution is 2.15. The van der Waals surface area contributed by atoms with Gasteiger partial charge in [0.15, 0.2) is 5.78 Å². The minimum Gasteiger partial charge on any atom is -0.294 e. The third kappa shape index (κ3) is 2.95. The molecule has 0 radical (unpaired) electrons. The van der Waals surface area contributed by atoms with Crippen molar-refractivity contribution in [2.75, 3.05) is 0 Å². The molecule has 0 atom stereocenters. The zero-order valence-electron chi connectivity index (χ0n) is 9.61. The largest absolute Gasteiger partial charge is 0.294 e. The van der Waals surface area contributed by atoms with Crippen molar-refractivity contribution in [2.24, 2.45) is 0 Å². The van der Waals surface area contributed by atoms with E-state index in [4.69, 9.17) is 11.6 Å². The number of Topliss-reactive ketones (excluding diaryl/α,β-unsaturated/α-hetero) is 1. The highest BCUT2D eigenvalue weighted by atomic mass is 35.5. The van der Waals surface area contributed by atoms with E-state index >= 15 is 0 Å². The van der Waals surface area contributed by atoms with E-state index in [1.807, 2.05) is 31.2 Å². The molecule has 0 N–H and O–H groups in total. The van der Waals surface area contributed by atoms with Crippen LogP contribution in [-0.2, 0) is 6.42 Å². The predicted molar refractivity (Wildman–Crippen MR) is 70.7 cm³/mol. The van der Waals surface area contributed by atoms with E-state index in [1.54, 1.807) is 24.3 Å². The lowest BCUT2D eigenvalue weighted by molar-refractivity contribution is 0.0993. The second-order valence-electron chi connectivity index (χ2n) is 4.04. The molecular weight excluding hydrogens is 232 g/mol. The Kier molecular flexibility index (Phi) is 3.60. The maximum atomic E-state index is 12.1. The number of aryl methyl sites for hydroxylation is 1. The minimum absolute atomic E-state index is 0.0989. The van der Waals surface area contributed by atoms with Gasteiger partial charge < -0.3 is 0 Å². The summed E-state index contributed by atoms with van der Waals surface area (Å²) < 4.78 is 0. The van der Waals surface area contributed by atoms with Gasteiger partial charge >= 0.3 is 0 Å². The fraction of sp³-hybridized carbons (Fsp3) is 0.133. The van der Waals surface area contributed by atoms with Crippen LogP contribution in [0, 0.1) is 6.92 Å². The Morgan fingerprint density at radius 2 is 1.88 bits per heavy atom. The van der Waals surface area contributed by atoms with Gasteiger partial charge in [-0.05, 0) is 30.2 Å². The molecule has 0 aliphatic heterocycles. The molecule has 0 amide bonds. The molecule has 2 heteroatoms. The molecule has 2 aromatic carbocycles. The van der Waals surface area contributed by atoms with Crippen LogP contribution in [0.25, 0.3) is 0 Å². The summed E-state index contributed by atoms with van der Waals surface area (Å²) in [7, 11) is 0. The van der Waals surface area contributed by atoms with Gasteiger partial charge in [0.25, 0.3) is 0 Å². The molecule has 0 aliphatic carbocycles. The first-order chi connectivity index (χ1) is 8.16. The van der Waals surface area contributed by atoms with Crippen molar-refractivity contribution in [3.63, 3.8) is 0 Å². The molecule has 17 heavy (non-hydrogen) atoms. The summed E-state index contributed by atoms with van der Waals surface area (Å²) in [5, 5.41) is 0.598. The average molecular weight is 245 g/mol. The van der Waals surface area contributed by atoms with Crippen molar-refractivity contribution in [1.29, 1.82) is 0 Å². The molecule has 0 saturated carbocycles. The van der Waals surface area contributed by atoms with Crippen LogP contribution in [0.15, 0.2) is 48.5 Å². The van der Waals surface area contributed by atoms with Crippen LogP contribution in [0.1, 0.15) is 21.5 Å². The fourth-order valence-corrected chi connectivity index (χ4v) is 1.94. The van der Waals surface area contributed by atoms with Crippen molar-refractivity contribution in [2.45, 2.75) is 13.3 Å². The van der Waals surface area contributed by atoms with Crippen molar-refractivity contribution in [3.8, 4) is 0 Å². The minimum atomic E-state index is 0.0989. The van der Waals surface area contributed by atoms with Crippen LogP contribution < -0.4 is 0 Å². The van der Waals surface area contributed by atoms with E-state index in [2.05, 4.69) is 0 Å². The number of rotatable bonds is 3. The highest BCUT2D eigenvalue weighted by Gasteiger charge is 2.08. The van der Waals surface area contributed by atoms with Gasteiger partial charge in [-0.2, -0.15) is 0 Å². The molecule has 0 aliphatic rings. The first-order valence-corrected chi connectivity index (χ1v) is 5.88. The monoisotopic (exact) mass is 244 g/mol. The lowest BCUT2D eigenvalue weighted by Gasteiger charge is -2.05. The Labute approximate surface area is 106 Å². The van der Waals surface area contributed by atoms with E-state index in [-0.39, 0.29) is 5.78 Å². The van der Waals surface area contributed by atoms with E-state index in [0.717, 1.165) is 11.1 Å². The molecule has 2 aromatic rings. The summed E-state index contributed by atoms with van der Waals surface area (Å²) in [6, 6.07) is 15.0. The van der Waals surface area contributed by atoms with E-state index < -0.39 is 0 Å². The smallest absolute Gasteiger partial charge is 0.167 e. The molecule has 0 unspecified atom stereocenters. The summed E-state index contributed by atoms with van der Waals surface area (Å²) in [4.78, 5) is 12.1. The van der Waals surface area contributed by atoms with E-state index in [9.17, 15) is 4.79 Å². The molecule has 86 valence electrons. The van der Waals surface area contributed by atoms with Gasteiger partial charge in [-0.25, -0.2) is 0 Å².